The molecule has 4 nitrogen and oxygen atoms in total. The molecule has 0 aromatic carbocycles. The van der Waals surface area contributed by atoms with Crippen molar-refractivity contribution in [3.63, 3.8) is 0 Å². The van der Waals surface area contributed by atoms with Crippen LogP contribution in [0.1, 0.15) is 6.42 Å². The number of carbonyl (C=O) groups is 1. The summed E-state index contributed by atoms with van der Waals surface area (Å²) in [5.74, 6) is 1.91. The Bertz CT molecular complexity index is 234. The number of amides is 1. The standard InChI is InChI=1S/C8H12N2O2/c1-2-8(12)3-4-10(6-8)5-7(9)11/h1,12H,3-6H2,(H2,9,11). The Morgan fingerprint density at radius 2 is 2.50 bits per heavy atom. The monoisotopic (exact) mass is 168 g/mol. The van der Waals surface area contributed by atoms with Gasteiger partial charge in [-0.1, -0.05) is 5.92 Å². The minimum absolute atomic E-state index is 0.171. The first-order valence-corrected chi connectivity index (χ1v) is 3.76. The van der Waals surface area contributed by atoms with E-state index in [1.165, 1.54) is 0 Å². The zero-order valence-electron chi connectivity index (χ0n) is 6.79. The summed E-state index contributed by atoms with van der Waals surface area (Å²) >= 11 is 0. The van der Waals surface area contributed by atoms with E-state index in [-0.39, 0.29) is 6.54 Å². The minimum Gasteiger partial charge on any atom is -0.376 e. The summed E-state index contributed by atoms with van der Waals surface area (Å²) in [7, 11) is 0. The number of terminal acetylenes is 1. The van der Waals surface area contributed by atoms with Gasteiger partial charge >= 0.3 is 0 Å². The Hall–Kier alpha value is -1.05. The third-order valence-electron chi connectivity index (χ3n) is 1.97. The molecule has 1 saturated heterocycles. The topological polar surface area (TPSA) is 66.6 Å². The third kappa shape index (κ3) is 1.97. The zero-order valence-corrected chi connectivity index (χ0v) is 6.79. The summed E-state index contributed by atoms with van der Waals surface area (Å²) in [6.45, 7) is 1.14. The smallest absolute Gasteiger partial charge is 0.231 e. The Kier molecular flexibility index (Phi) is 2.36. The molecule has 1 atom stereocenters. The number of carbonyl (C=O) groups excluding carboxylic acids is 1. The molecular formula is C8H12N2O2. The van der Waals surface area contributed by atoms with E-state index in [9.17, 15) is 9.90 Å². The van der Waals surface area contributed by atoms with Gasteiger partial charge < -0.3 is 10.8 Å². The van der Waals surface area contributed by atoms with Crippen LogP contribution in [0.3, 0.4) is 0 Å². The lowest BCUT2D eigenvalue weighted by Crippen LogP contribution is -2.36. The average Bonchev–Trinajstić information content (AvgIpc) is 2.32. The summed E-state index contributed by atoms with van der Waals surface area (Å²) in [6.07, 6.45) is 5.63. The summed E-state index contributed by atoms with van der Waals surface area (Å²) in [5, 5.41) is 9.55. The summed E-state index contributed by atoms with van der Waals surface area (Å²) < 4.78 is 0. The van der Waals surface area contributed by atoms with Gasteiger partial charge in [-0.2, -0.15) is 0 Å². The van der Waals surface area contributed by atoms with E-state index in [0.29, 0.717) is 19.5 Å². The number of primary amides is 1. The molecule has 1 fully saturated rings. The molecule has 0 aromatic rings. The van der Waals surface area contributed by atoms with Crippen LogP contribution in [0.15, 0.2) is 0 Å². The fraction of sp³-hybridized carbons (Fsp3) is 0.625. The molecule has 0 spiro atoms. The molecule has 0 bridgehead atoms. The first-order valence-electron chi connectivity index (χ1n) is 3.76. The second-order valence-electron chi connectivity index (χ2n) is 3.10. The summed E-state index contributed by atoms with van der Waals surface area (Å²) in [5.41, 5.74) is 3.93. The molecule has 4 heteroatoms. The third-order valence-corrected chi connectivity index (χ3v) is 1.97. The highest BCUT2D eigenvalue weighted by molar-refractivity contribution is 5.76. The van der Waals surface area contributed by atoms with Crippen LogP contribution in [0.25, 0.3) is 0 Å². The van der Waals surface area contributed by atoms with Crippen LogP contribution in [0.5, 0.6) is 0 Å². The second kappa shape index (κ2) is 3.13. The van der Waals surface area contributed by atoms with Gasteiger partial charge in [-0.25, -0.2) is 0 Å². The normalized spacial score (nSPS) is 30.0. The maximum absolute atomic E-state index is 10.5. The van der Waals surface area contributed by atoms with E-state index in [0.717, 1.165) is 0 Å². The molecule has 0 aliphatic carbocycles. The summed E-state index contributed by atoms with van der Waals surface area (Å²) in [6, 6.07) is 0. The maximum atomic E-state index is 10.5. The zero-order chi connectivity index (χ0) is 9.19. The van der Waals surface area contributed by atoms with Crippen LogP contribution >= 0.6 is 0 Å². The van der Waals surface area contributed by atoms with Crippen molar-refractivity contribution >= 4 is 5.91 Å². The number of nitrogens with zero attached hydrogens (tertiary/aromatic N) is 1. The van der Waals surface area contributed by atoms with Crippen molar-refractivity contribution in [2.24, 2.45) is 5.73 Å². The number of rotatable bonds is 2. The number of hydrogen-bond acceptors (Lipinski definition) is 3. The number of hydrogen-bond donors (Lipinski definition) is 2. The molecule has 1 aliphatic rings. The van der Waals surface area contributed by atoms with Crippen molar-refractivity contribution in [3.8, 4) is 12.3 Å². The van der Waals surface area contributed by atoms with E-state index in [4.69, 9.17) is 12.2 Å². The van der Waals surface area contributed by atoms with Crippen LogP contribution in [-0.4, -0.2) is 41.1 Å². The number of β-amino-alcohol motifs (C(OH)–C–C–N with tert-alkyl or cyclic N) is 1. The van der Waals surface area contributed by atoms with Gasteiger partial charge in [0.2, 0.25) is 5.91 Å². The van der Waals surface area contributed by atoms with Crippen LogP contribution < -0.4 is 5.73 Å². The van der Waals surface area contributed by atoms with Crippen LogP contribution in [0.4, 0.5) is 0 Å². The Morgan fingerprint density at radius 3 is 2.92 bits per heavy atom. The largest absolute Gasteiger partial charge is 0.376 e. The van der Waals surface area contributed by atoms with Crippen LogP contribution in [0.2, 0.25) is 0 Å². The Labute approximate surface area is 71.3 Å². The molecule has 0 aromatic heterocycles. The van der Waals surface area contributed by atoms with Gasteiger partial charge in [-0.15, -0.1) is 6.42 Å². The molecule has 1 unspecified atom stereocenters. The van der Waals surface area contributed by atoms with Gasteiger partial charge in [0.15, 0.2) is 0 Å². The fourth-order valence-electron chi connectivity index (χ4n) is 1.34. The van der Waals surface area contributed by atoms with Gasteiger partial charge in [0.05, 0.1) is 6.54 Å². The number of likely N-dealkylation sites (tertiary alicyclic amines) is 1. The Balaban J connectivity index is 2.47. The van der Waals surface area contributed by atoms with Crippen molar-refractivity contribution in [2.75, 3.05) is 19.6 Å². The predicted molar refractivity (Wildman–Crippen MR) is 44.0 cm³/mol. The highest BCUT2D eigenvalue weighted by atomic mass is 16.3. The molecule has 1 aliphatic heterocycles. The van der Waals surface area contributed by atoms with Crippen molar-refractivity contribution in [1.29, 1.82) is 0 Å². The maximum Gasteiger partial charge on any atom is 0.231 e. The lowest BCUT2D eigenvalue weighted by molar-refractivity contribution is -0.119. The molecule has 0 radical (unpaired) electrons. The van der Waals surface area contributed by atoms with Crippen molar-refractivity contribution in [3.05, 3.63) is 0 Å². The van der Waals surface area contributed by atoms with Gasteiger partial charge in [0.1, 0.15) is 5.60 Å². The fourth-order valence-corrected chi connectivity index (χ4v) is 1.34. The van der Waals surface area contributed by atoms with Crippen LogP contribution in [-0.2, 0) is 4.79 Å². The molecule has 3 N–H and O–H groups in total. The molecule has 1 amide bonds. The number of aliphatic hydroxyl groups is 1. The van der Waals surface area contributed by atoms with E-state index in [1.54, 1.807) is 4.90 Å². The lowest BCUT2D eigenvalue weighted by atomic mass is 10.1. The van der Waals surface area contributed by atoms with Crippen molar-refractivity contribution < 1.29 is 9.90 Å². The molecule has 12 heavy (non-hydrogen) atoms. The molecule has 1 heterocycles. The first-order chi connectivity index (χ1) is 5.56. The minimum atomic E-state index is -1.06. The SMILES string of the molecule is C#CC1(O)CCN(CC(N)=O)C1. The first kappa shape index (κ1) is 9.04. The molecular weight excluding hydrogens is 156 g/mol. The van der Waals surface area contributed by atoms with Crippen molar-refractivity contribution in [2.45, 2.75) is 12.0 Å². The van der Waals surface area contributed by atoms with E-state index >= 15 is 0 Å². The Morgan fingerprint density at radius 1 is 1.83 bits per heavy atom. The van der Waals surface area contributed by atoms with Crippen molar-refractivity contribution in [1.82, 2.24) is 4.90 Å². The molecule has 1 rings (SSSR count). The highest BCUT2D eigenvalue weighted by Crippen LogP contribution is 2.19. The summed E-state index contributed by atoms with van der Waals surface area (Å²) in [4.78, 5) is 12.3. The van der Waals surface area contributed by atoms with E-state index < -0.39 is 11.5 Å². The van der Waals surface area contributed by atoms with E-state index in [2.05, 4.69) is 5.92 Å². The van der Waals surface area contributed by atoms with Gasteiger partial charge in [-0.05, 0) is 0 Å². The highest BCUT2D eigenvalue weighted by Gasteiger charge is 2.34. The molecule has 0 saturated carbocycles. The number of nitrogens with two attached hydrogens (primary N) is 1. The average molecular weight is 168 g/mol. The lowest BCUT2D eigenvalue weighted by Gasteiger charge is -2.16. The van der Waals surface area contributed by atoms with Gasteiger partial charge in [-0.3, -0.25) is 9.69 Å². The van der Waals surface area contributed by atoms with Crippen LogP contribution in [0, 0.1) is 12.3 Å². The van der Waals surface area contributed by atoms with Gasteiger partial charge in [0, 0.05) is 19.5 Å². The van der Waals surface area contributed by atoms with E-state index in [1.807, 2.05) is 0 Å². The predicted octanol–water partition coefficient (Wildman–Crippen LogP) is -1.46. The quantitative estimate of drug-likeness (QED) is 0.495. The molecule has 66 valence electrons. The second-order valence-corrected chi connectivity index (χ2v) is 3.10. The van der Waals surface area contributed by atoms with Gasteiger partial charge in [0.25, 0.3) is 0 Å².